The summed E-state index contributed by atoms with van der Waals surface area (Å²) >= 11 is 0. The number of morpholine rings is 1. The second-order valence-electron chi connectivity index (χ2n) is 6.89. The molecule has 2 aromatic rings. The average Bonchev–Trinajstić information content (AvgIpc) is 2.75. The number of rotatable bonds is 4. The lowest BCUT2D eigenvalue weighted by molar-refractivity contribution is 0.122. The van der Waals surface area contributed by atoms with Gasteiger partial charge >= 0.3 is 0 Å². The average molecular weight is 364 g/mol. The van der Waals surface area contributed by atoms with Crippen LogP contribution >= 0.6 is 0 Å². The summed E-state index contributed by atoms with van der Waals surface area (Å²) in [6.45, 7) is 7.99. The summed E-state index contributed by atoms with van der Waals surface area (Å²) in [5.41, 5.74) is 1.95. The summed E-state index contributed by atoms with van der Waals surface area (Å²) in [5.74, 6) is 1.81. The molecule has 1 aromatic heterocycles. The zero-order valence-electron chi connectivity index (χ0n) is 15.4. The largest absolute Gasteiger partial charge is 0.378 e. The number of nitriles is 1. The van der Waals surface area contributed by atoms with Gasteiger partial charge in [0.25, 0.3) is 0 Å². The molecule has 2 aliphatic rings. The molecular weight excluding hydrogens is 340 g/mol. The lowest BCUT2D eigenvalue weighted by Crippen LogP contribution is -2.46. The number of piperazine rings is 1. The van der Waals surface area contributed by atoms with Crippen molar-refractivity contribution in [3.63, 3.8) is 0 Å². The van der Waals surface area contributed by atoms with E-state index >= 15 is 0 Å². The highest BCUT2D eigenvalue weighted by Crippen LogP contribution is 2.18. The summed E-state index contributed by atoms with van der Waals surface area (Å²) in [7, 11) is 0. The van der Waals surface area contributed by atoms with Crippen LogP contribution in [0.2, 0.25) is 0 Å². The molecule has 4 rings (SSSR count). The first-order chi connectivity index (χ1) is 13.3. The lowest BCUT2D eigenvalue weighted by Gasteiger charge is -2.35. The molecule has 7 nitrogen and oxygen atoms in total. The van der Waals surface area contributed by atoms with E-state index < -0.39 is 0 Å². The van der Waals surface area contributed by atoms with Gasteiger partial charge in [0.05, 0.1) is 24.8 Å². The standard InChI is InChI=1S/C20H24N6O/c21-15-17-1-3-18(4-2-17)16-24-7-9-26(10-8-24)20-22-6-5-19(23-20)25-11-13-27-14-12-25/h1-6H,7-14,16H2. The molecule has 0 aliphatic carbocycles. The molecular formula is C20H24N6O. The maximum Gasteiger partial charge on any atom is 0.227 e. The van der Waals surface area contributed by atoms with Crippen LogP contribution in [-0.4, -0.2) is 67.4 Å². The lowest BCUT2D eigenvalue weighted by atomic mass is 10.1. The Bertz CT molecular complexity index is 789. The predicted octanol–water partition coefficient (Wildman–Crippen LogP) is 1.51. The fourth-order valence-corrected chi connectivity index (χ4v) is 3.51. The summed E-state index contributed by atoms with van der Waals surface area (Å²) in [4.78, 5) is 16.2. The van der Waals surface area contributed by atoms with E-state index in [-0.39, 0.29) is 0 Å². The Labute approximate surface area is 159 Å². The van der Waals surface area contributed by atoms with Crippen molar-refractivity contribution in [1.82, 2.24) is 14.9 Å². The van der Waals surface area contributed by atoms with Crippen LogP contribution in [0.4, 0.5) is 11.8 Å². The fraction of sp³-hybridized carbons (Fsp3) is 0.450. The minimum atomic E-state index is 0.709. The Hall–Kier alpha value is -2.69. The van der Waals surface area contributed by atoms with Crippen molar-refractivity contribution in [3.8, 4) is 6.07 Å². The van der Waals surface area contributed by atoms with Crippen LogP contribution in [0.1, 0.15) is 11.1 Å². The molecule has 0 N–H and O–H groups in total. The zero-order chi connectivity index (χ0) is 18.5. The molecule has 0 spiro atoms. The van der Waals surface area contributed by atoms with E-state index in [2.05, 4.69) is 25.8 Å². The maximum absolute atomic E-state index is 8.90. The van der Waals surface area contributed by atoms with E-state index in [9.17, 15) is 0 Å². The predicted molar refractivity (Wildman–Crippen MR) is 104 cm³/mol. The van der Waals surface area contributed by atoms with E-state index in [0.717, 1.165) is 70.8 Å². The first-order valence-electron chi connectivity index (χ1n) is 9.44. The molecule has 0 radical (unpaired) electrons. The zero-order valence-corrected chi connectivity index (χ0v) is 15.4. The molecule has 27 heavy (non-hydrogen) atoms. The van der Waals surface area contributed by atoms with Gasteiger partial charge < -0.3 is 14.5 Å². The molecule has 0 atom stereocenters. The molecule has 2 aliphatic heterocycles. The van der Waals surface area contributed by atoms with E-state index in [0.29, 0.717) is 5.56 Å². The van der Waals surface area contributed by atoms with Crippen LogP contribution in [0, 0.1) is 11.3 Å². The quantitative estimate of drug-likeness (QED) is 0.814. The summed E-state index contributed by atoms with van der Waals surface area (Å²) < 4.78 is 5.42. The van der Waals surface area contributed by atoms with Gasteiger partial charge in [0.2, 0.25) is 5.95 Å². The van der Waals surface area contributed by atoms with Gasteiger partial charge in [-0.25, -0.2) is 4.98 Å². The van der Waals surface area contributed by atoms with Gasteiger partial charge in [-0.15, -0.1) is 0 Å². The SMILES string of the molecule is N#Cc1ccc(CN2CCN(c3nccc(N4CCOCC4)n3)CC2)cc1. The van der Waals surface area contributed by atoms with Crippen LogP contribution < -0.4 is 9.80 Å². The summed E-state index contributed by atoms with van der Waals surface area (Å²) in [6.07, 6.45) is 1.86. The number of hydrogen-bond acceptors (Lipinski definition) is 7. The van der Waals surface area contributed by atoms with Crippen LogP contribution in [0.25, 0.3) is 0 Å². The van der Waals surface area contributed by atoms with Crippen molar-refractivity contribution in [2.75, 3.05) is 62.3 Å². The van der Waals surface area contributed by atoms with Crippen molar-refractivity contribution in [1.29, 1.82) is 5.26 Å². The number of anilines is 2. The van der Waals surface area contributed by atoms with E-state index in [1.807, 2.05) is 36.5 Å². The van der Waals surface area contributed by atoms with E-state index in [1.165, 1.54) is 5.56 Å². The van der Waals surface area contributed by atoms with Crippen molar-refractivity contribution >= 4 is 11.8 Å². The Kier molecular flexibility index (Phi) is 5.47. The molecule has 1 aromatic carbocycles. The number of nitrogens with zero attached hydrogens (tertiary/aromatic N) is 6. The van der Waals surface area contributed by atoms with Gasteiger partial charge in [-0.2, -0.15) is 10.2 Å². The van der Waals surface area contributed by atoms with Crippen LogP contribution in [0.15, 0.2) is 36.5 Å². The third-order valence-corrected chi connectivity index (χ3v) is 5.11. The van der Waals surface area contributed by atoms with E-state index in [1.54, 1.807) is 0 Å². The number of aromatic nitrogens is 2. The Morgan fingerprint density at radius 1 is 0.926 bits per heavy atom. The molecule has 2 saturated heterocycles. The first-order valence-corrected chi connectivity index (χ1v) is 9.44. The van der Waals surface area contributed by atoms with Crippen LogP contribution in [0.3, 0.4) is 0 Å². The Morgan fingerprint density at radius 3 is 2.37 bits per heavy atom. The Balaban J connectivity index is 1.34. The maximum atomic E-state index is 8.90. The second kappa shape index (κ2) is 8.33. The van der Waals surface area contributed by atoms with Gasteiger partial charge in [0.1, 0.15) is 5.82 Å². The highest BCUT2D eigenvalue weighted by atomic mass is 16.5. The molecule has 7 heteroatoms. The fourth-order valence-electron chi connectivity index (χ4n) is 3.51. The van der Waals surface area contributed by atoms with Gasteiger partial charge in [0, 0.05) is 52.0 Å². The molecule has 0 saturated carbocycles. The van der Waals surface area contributed by atoms with Gasteiger partial charge in [-0.1, -0.05) is 12.1 Å². The highest BCUT2D eigenvalue weighted by Gasteiger charge is 2.20. The molecule has 0 bridgehead atoms. The Morgan fingerprint density at radius 2 is 1.67 bits per heavy atom. The molecule has 0 amide bonds. The van der Waals surface area contributed by atoms with Crippen LogP contribution in [-0.2, 0) is 11.3 Å². The number of ether oxygens (including phenoxy) is 1. The molecule has 3 heterocycles. The first kappa shape index (κ1) is 17.7. The minimum absolute atomic E-state index is 0.709. The topological polar surface area (TPSA) is 68.5 Å². The third kappa shape index (κ3) is 4.35. The number of hydrogen-bond donors (Lipinski definition) is 0. The van der Waals surface area contributed by atoms with Gasteiger partial charge in [-0.3, -0.25) is 4.90 Å². The smallest absolute Gasteiger partial charge is 0.227 e. The summed E-state index contributed by atoms with van der Waals surface area (Å²) in [5, 5.41) is 8.90. The van der Waals surface area contributed by atoms with Gasteiger partial charge in [-0.05, 0) is 23.8 Å². The third-order valence-electron chi connectivity index (χ3n) is 5.11. The van der Waals surface area contributed by atoms with Crippen molar-refractivity contribution < 1.29 is 4.74 Å². The second-order valence-corrected chi connectivity index (χ2v) is 6.89. The molecule has 0 unspecified atom stereocenters. The monoisotopic (exact) mass is 364 g/mol. The highest BCUT2D eigenvalue weighted by molar-refractivity contribution is 5.44. The van der Waals surface area contributed by atoms with Gasteiger partial charge in [0.15, 0.2) is 0 Å². The number of benzene rings is 1. The van der Waals surface area contributed by atoms with Crippen molar-refractivity contribution in [2.45, 2.75) is 6.54 Å². The summed E-state index contributed by atoms with van der Waals surface area (Å²) in [6, 6.07) is 12.0. The minimum Gasteiger partial charge on any atom is -0.378 e. The van der Waals surface area contributed by atoms with E-state index in [4.69, 9.17) is 15.0 Å². The normalized spacial score (nSPS) is 18.3. The van der Waals surface area contributed by atoms with Crippen molar-refractivity contribution in [2.24, 2.45) is 0 Å². The van der Waals surface area contributed by atoms with Crippen LogP contribution in [0.5, 0.6) is 0 Å². The molecule has 140 valence electrons. The molecule has 2 fully saturated rings. The van der Waals surface area contributed by atoms with Crippen molar-refractivity contribution in [3.05, 3.63) is 47.7 Å².